The number of aromatic nitrogens is 3. The predicted molar refractivity (Wildman–Crippen MR) is 118 cm³/mol. The molecule has 32 heavy (non-hydrogen) atoms. The van der Waals surface area contributed by atoms with Crippen LogP contribution in [0.15, 0.2) is 79.3 Å². The first-order chi connectivity index (χ1) is 15.5. The van der Waals surface area contributed by atoms with Crippen molar-refractivity contribution in [3.8, 4) is 0 Å². The lowest BCUT2D eigenvalue weighted by atomic mass is 10.2. The number of hydrogen-bond acceptors (Lipinski definition) is 6. The summed E-state index contributed by atoms with van der Waals surface area (Å²) < 4.78 is 26.2. The van der Waals surface area contributed by atoms with Gasteiger partial charge >= 0.3 is 6.03 Å². The molecule has 4 N–H and O–H groups in total. The van der Waals surface area contributed by atoms with Gasteiger partial charge in [0.15, 0.2) is 11.6 Å². The van der Waals surface area contributed by atoms with Crippen molar-refractivity contribution in [1.82, 2.24) is 15.0 Å². The van der Waals surface area contributed by atoms with Gasteiger partial charge in [-0.1, -0.05) is 6.07 Å². The van der Waals surface area contributed by atoms with E-state index in [1.807, 2.05) is 18.2 Å². The molecule has 2 heterocycles. The van der Waals surface area contributed by atoms with Crippen LogP contribution in [-0.4, -0.2) is 21.0 Å². The molecule has 0 saturated carbocycles. The van der Waals surface area contributed by atoms with Gasteiger partial charge in [0, 0.05) is 35.4 Å². The van der Waals surface area contributed by atoms with Crippen molar-refractivity contribution in [2.45, 2.75) is 0 Å². The van der Waals surface area contributed by atoms with Crippen molar-refractivity contribution in [3.63, 3.8) is 0 Å². The molecule has 0 aliphatic carbocycles. The van der Waals surface area contributed by atoms with E-state index in [9.17, 15) is 13.6 Å². The van der Waals surface area contributed by atoms with Gasteiger partial charge in [-0.3, -0.25) is 0 Å². The summed E-state index contributed by atoms with van der Waals surface area (Å²) in [5, 5.41) is 11.3. The molecule has 2 aromatic carbocycles. The van der Waals surface area contributed by atoms with Crippen LogP contribution in [0.3, 0.4) is 0 Å². The van der Waals surface area contributed by atoms with Gasteiger partial charge in [0.05, 0.1) is 0 Å². The number of hydrogen-bond donors (Lipinski definition) is 4. The monoisotopic (exact) mass is 433 g/mol. The highest BCUT2D eigenvalue weighted by Crippen LogP contribution is 2.20. The maximum atomic E-state index is 13.2. The SMILES string of the molecule is O=C(Nc1ccc(Nc2cc(Nc3ccccn3)ncn2)cc1)Nc1ccc(F)c(F)c1. The molecule has 0 saturated heterocycles. The molecule has 0 fully saturated rings. The van der Waals surface area contributed by atoms with E-state index in [-0.39, 0.29) is 5.69 Å². The summed E-state index contributed by atoms with van der Waals surface area (Å²) >= 11 is 0. The quantitative estimate of drug-likeness (QED) is 0.330. The standard InChI is InChI=1S/C22H17F2N7O/c23-17-9-8-16(11-18(17)24)30-22(32)29-15-6-4-14(5-7-15)28-20-12-21(27-13-26-20)31-19-3-1-2-10-25-19/h1-13H,(H2,29,30,32)(H2,25,26,27,28,31). The van der Waals surface area contributed by atoms with Crippen LogP contribution in [0.1, 0.15) is 0 Å². The first kappa shape index (κ1) is 20.7. The van der Waals surface area contributed by atoms with Crippen molar-refractivity contribution in [3.05, 3.63) is 90.9 Å². The van der Waals surface area contributed by atoms with E-state index in [1.165, 1.54) is 12.4 Å². The van der Waals surface area contributed by atoms with Crippen molar-refractivity contribution < 1.29 is 13.6 Å². The Balaban J connectivity index is 1.35. The van der Waals surface area contributed by atoms with Gasteiger partial charge in [-0.25, -0.2) is 28.5 Å². The summed E-state index contributed by atoms with van der Waals surface area (Å²) in [6.07, 6.45) is 3.10. The maximum absolute atomic E-state index is 13.2. The summed E-state index contributed by atoms with van der Waals surface area (Å²) in [7, 11) is 0. The van der Waals surface area contributed by atoms with Crippen LogP contribution in [0.25, 0.3) is 0 Å². The minimum Gasteiger partial charge on any atom is -0.340 e. The Morgan fingerprint density at radius 2 is 1.34 bits per heavy atom. The molecule has 0 aliphatic heterocycles. The second-order valence-electron chi connectivity index (χ2n) is 6.54. The van der Waals surface area contributed by atoms with E-state index >= 15 is 0 Å². The lowest BCUT2D eigenvalue weighted by molar-refractivity contribution is 0.262. The molecule has 4 rings (SSSR count). The predicted octanol–water partition coefficient (Wildman–Crippen LogP) is 5.28. The molecule has 2 aromatic heterocycles. The molecule has 0 radical (unpaired) electrons. The molecule has 0 atom stereocenters. The first-order valence-electron chi connectivity index (χ1n) is 9.45. The molecule has 0 aliphatic rings. The van der Waals surface area contributed by atoms with Crippen LogP contribution in [0.4, 0.5) is 48.1 Å². The fourth-order valence-electron chi connectivity index (χ4n) is 2.71. The molecule has 160 valence electrons. The lowest BCUT2D eigenvalue weighted by Crippen LogP contribution is -2.19. The van der Waals surface area contributed by atoms with Crippen molar-refractivity contribution in [1.29, 1.82) is 0 Å². The highest BCUT2D eigenvalue weighted by molar-refractivity contribution is 5.99. The Labute approximate surface area is 181 Å². The van der Waals surface area contributed by atoms with Gasteiger partial charge in [0.2, 0.25) is 0 Å². The lowest BCUT2D eigenvalue weighted by Gasteiger charge is -2.10. The average molecular weight is 433 g/mol. The molecule has 4 aromatic rings. The molecule has 2 amide bonds. The number of amides is 2. The van der Waals surface area contributed by atoms with Gasteiger partial charge in [0.25, 0.3) is 0 Å². The Morgan fingerprint density at radius 1 is 0.656 bits per heavy atom. The minimum atomic E-state index is -1.04. The number of carbonyl (C=O) groups is 1. The van der Waals surface area contributed by atoms with E-state index in [2.05, 4.69) is 36.2 Å². The number of halogens is 2. The third-order valence-corrected chi connectivity index (χ3v) is 4.18. The van der Waals surface area contributed by atoms with Crippen LogP contribution in [0, 0.1) is 11.6 Å². The molecule has 0 unspecified atom stereocenters. The molecule has 8 nitrogen and oxygen atoms in total. The van der Waals surface area contributed by atoms with Crippen LogP contribution < -0.4 is 21.3 Å². The van der Waals surface area contributed by atoms with Crippen molar-refractivity contribution in [2.24, 2.45) is 0 Å². The minimum absolute atomic E-state index is 0.138. The second-order valence-corrected chi connectivity index (χ2v) is 6.54. The van der Waals surface area contributed by atoms with Crippen molar-refractivity contribution >= 4 is 40.5 Å². The normalized spacial score (nSPS) is 10.3. The number of pyridine rings is 1. The Hall–Kier alpha value is -4.60. The zero-order valence-electron chi connectivity index (χ0n) is 16.5. The van der Waals surface area contributed by atoms with Crippen LogP contribution in [-0.2, 0) is 0 Å². The molecule has 0 spiro atoms. The number of nitrogens with one attached hydrogen (secondary N) is 4. The van der Waals surface area contributed by atoms with E-state index < -0.39 is 17.7 Å². The summed E-state index contributed by atoms with van der Waals surface area (Å²) in [4.78, 5) is 24.6. The van der Waals surface area contributed by atoms with Gasteiger partial charge < -0.3 is 21.3 Å². The third-order valence-electron chi connectivity index (χ3n) is 4.18. The van der Waals surface area contributed by atoms with E-state index in [4.69, 9.17) is 0 Å². The van der Waals surface area contributed by atoms with Crippen LogP contribution in [0.2, 0.25) is 0 Å². The average Bonchev–Trinajstić information content (AvgIpc) is 2.79. The smallest absolute Gasteiger partial charge is 0.323 e. The number of carbonyl (C=O) groups excluding carboxylic acids is 1. The molecular formula is C22H17F2N7O. The second kappa shape index (κ2) is 9.47. The third kappa shape index (κ3) is 5.51. The fourth-order valence-corrected chi connectivity index (χ4v) is 2.71. The van der Waals surface area contributed by atoms with Crippen LogP contribution in [0.5, 0.6) is 0 Å². The first-order valence-corrected chi connectivity index (χ1v) is 9.45. The van der Waals surface area contributed by atoms with Gasteiger partial charge in [-0.2, -0.15) is 0 Å². The van der Waals surface area contributed by atoms with Crippen molar-refractivity contribution in [2.75, 3.05) is 21.3 Å². The van der Waals surface area contributed by atoms with Gasteiger partial charge in [-0.05, 0) is 48.5 Å². The number of benzene rings is 2. The van der Waals surface area contributed by atoms with E-state index in [0.29, 0.717) is 23.1 Å². The summed E-state index contributed by atoms with van der Waals surface area (Å²) in [5.41, 5.74) is 1.38. The fraction of sp³-hybridized carbons (Fsp3) is 0. The number of rotatable bonds is 6. The Bertz CT molecular complexity index is 1220. The summed E-state index contributed by atoms with van der Waals surface area (Å²) in [6.45, 7) is 0. The van der Waals surface area contributed by atoms with Crippen LogP contribution >= 0.6 is 0 Å². The molecule has 0 bridgehead atoms. The zero-order valence-corrected chi connectivity index (χ0v) is 16.5. The highest BCUT2D eigenvalue weighted by atomic mass is 19.2. The number of anilines is 6. The Morgan fingerprint density at radius 3 is 2.06 bits per heavy atom. The van der Waals surface area contributed by atoms with E-state index in [1.54, 1.807) is 36.5 Å². The topological polar surface area (TPSA) is 104 Å². The van der Waals surface area contributed by atoms with Gasteiger partial charge in [-0.15, -0.1) is 0 Å². The number of nitrogens with zero attached hydrogens (tertiary/aromatic N) is 3. The zero-order chi connectivity index (χ0) is 22.3. The number of urea groups is 1. The summed E-state index contributed by atoms with van der Waals surface area (Å²) in [5.74, 6) is -0.221. The summed E-state index contributed by atoms with van der Waals surface area (Å²) in [6, 6.07) is 16.6. The van der Waals surface area contributed by atoms with E-state index in [0.717, 1.165) is 17.8 Å². The highest BCUT2D eigenvalue weighted by Gasteiger charge is 2.07. The Kier molecular flexibility index (Phi) is 6.12. The maximum Gasteiger partial charge on any atom is 0.323 e. The largest absolute Gasteiger partial charge is 0.340 e. The van der Waals surface area contributed by atoms with Gasteiger partial charge in [0.1, 0.15) is 23.8 Å². The molecular weight excluding hydrogens is 416 g/mol. The molecule has 10 heteroatoms.